The maximum Gasteiger partial charge on any atom is 0.290 e. The molecule has 3 aliphatic heterocycles. The first kappa shape index (κ1) is 31.7. The van der Waals surface area contributed by atoms with Crippen molar-refractivity contribution in [1.29, 1.82) is 0 Å². The number of aliphatic carboxylic acids is 1. The molecule has 14 nitrogen and oxygen atoms in total. The highest BCUT2D eigenvalue weighted by molar-refractivity contribution is 8.00. The van der Waals surface area contributed by atoms with Crippen LogP contribution in [0.15, 0.2) is 77.1 Å². The zero-order chi connectivity index (χ0) is 33.2. The molecule has 3 aliphatic rings. The predicted molar refractivity (Wildman–Crippen MR) is 169 cm³/mol. The zero-order valence-electron chi connectivity index (χ0n) is 24.8. The van der Waals surface area contributed by atoms with Gasteiger partial charge in [-0.1, -0.05) is 0 Å². The summed E-state index contributed by atoms with van der Waals surface area (Å²) in [7, 11) is 0. The summed E-state index contributed by atoms with van der Waals surface area (Å²) in [6.45, 7) is 0.819. The molecule has 242 valence electrons. The van der Waals surface area contributed by atoms with E-state index in [1.165, 1.54) is 41.3 Å². The van der Waals surface area contributed by atoms with Crippen molar-refractivity contribution < 1.29 is 38.8 Å². The van der Waals surface area contributed by atoms with Gasteiger partial charge in [0.05, 0.1) is 23.8 Å². The lowest BCUT2D eigenvalue weighted by molar-refractivity contribution is -0.684. The number of allylic oxidation sites excluding steroid dienone is 1. The van der Waals surface area contributed by atoms with Crippen LogP contribution in [0.4, 0.5) is 10.8 Å². The van der Waals surface area contributed by atoms with Crippen LogP contribution in [-0.4, -0.2) is 73.2 Å². The van der Waals surface area contributed by atoms with Crippen LogP contribution in [0, 0.1) is 0 Å². The Morgan fingerprint density at radius 3 is 2.55 bits per heavy atom. The normalized spacial score (nSPS) is 19.9. The number of thioether (sulfide) groups is 1. The van der Waals surface area contributed by atoms with Crippen LogP contribution in [0.3, 0.4) is 0 Å². The Labute approximate surface area is 276 Å². The topological polar surface area (TPSA) is 202 Å². The van der Waals surface area contributed by atoms with E-state index in [9.17, 15) is 34.2 Å². The van der Waals surface area contributed by atoms with Gasteiger partial charge in [0.1, 0.15) is 17.2 Å². The van der Waals surface area contributed by atoms with E-state index < -0.39 is 29.2 Å². The molecule has 4 amide bonds. The molecular formula is C31H29N7O7S2. The van der Waals surface area contributed by atoms with Gasteiger partial charge in [-0.05, 0) is 47.9 Å². The van der Waals surface area contributed by atoms with Crippen molar-refractivity contribution in [3.05, 3.63) is 88.3 Å². The van der Waals surface area contributed by atoms with Gasteiger partial charge in [-0.2, -0.15) is 4.57 Å². The van der Waals surface area contributed by atoms with Gasteiger partial charge in [0.25, 0.3) is 11.8 Å². The summed E-state index contributed by atoms with van der Waals surface area (Å²) in [5.74, 6) is -2.70. The molecule has 3 aromatic rings. The number of amides is 4. The van der Waals surface area contributed by atoms with Gasteiger partial charge >= 0.3 is 0 Å². The Hall–Kier alpha value is -5.22. The number of carboxylic acids is 1. The highest BCUT2D eigenvalue weighted by Crippen LogP contribution is 2.41. The van der Waals surface area contributed by atoms with Crippen LogP contribution in [0.25, 0.3) is 0 Å². The number of carbonyl (C=O) groups excluding carboxylic acids is 5. The van der Waals surface area contributed by atoms with Gasteiger partial charge in [0.2, 0.25) is 18.4 Å². The smallest absolute Gasteiger partial charge is 0.290 e. The Bertz CT molecular complexity index is 1820. The van der Waals surface area contributed by atoms with Crippen molar-refractivity contribution >= 4 is 63.5 Å². The first-order valence-corrected chi connectivity index (χ1v) is 16.4. The maximum absolute atomic E-state index is 13.3. The second-order valence-electron chi connectivity index (χ2n) is 11.1. The molecule has 0 bridgehead atoms. The third kappa shape index (κ3) is 6.97. The number of anilines is 2. The Morgan fingerprint density at radius 1 is 1.13 bits per heavy atom. The van der Waals surface area contributed by atoms with Crippen LogP contribution >= 0.6 is 23.1 Å². The molecule has 2 aromatic heterocycles. The number of aromatic hydroxyl groups is 1. The van der Waals surface area contributed by atoms with Gasteiger partial charge in [-0.3, -0.25) is 24.1 Å². The van der Waals surface area contributed by atoms with Crippen molar-refractivity contribution in [1.82, 2.24) is 20.1 Å². The number of nitrogens with one attached hydrogen (secondary N) is 2. The van der Waals surface area contributed by atoms with Gasteiger partial charge in [-0.15, -0.1) is 23.1 Å². The predicted octanol–water partition coefficient (Wildman–Crippen LogP) is -0.338. The summed E-state index contributed by atoms with van der Waals surface area (Å²) in [6, 6.07) is 8.90. The van der Waals surface area contributed by atoms with Crippen molar-refractivity contribution in [2.75, 3.05) is 23.3 Å². The number of hydrogen-bond acceptors (Lipinski definition) is 11. The van der Waals surface area contributed by atoms with E-state index in [-0.39, 0.29) is 42.0 Å². The minimum absolute atomic E-state index is 0.0593. The fourth-order valence-corrected chi connectivity index (χ4v) is 7.40. The minimum atomic E-state index is -1.53. The number of likely N-dealkylation sites (tertiary alicyclic amines) is 1. The fourth-order valence-electron chi connectivity index (χ4n) is 5.53. The van der Waals surface area contributed by atoms with E-state index in [1.807, 2.05) is 12.1 Å². The quantitative estimate of drug-likeness (QED) is 0.0954. The lowest BCUT2D eigenvalue weighted by Gasteiger charge is -2.50. The van der Waals surface area contributed by atoms with Crippen LogP contribution in [0.5, 0.6) is 5.75 Å². The summed E-state index contributed by atoms with van der Waals surface area (Å²) in [4.78, 5) is 70.1. The van der Waals surface area contributed by atoms with E-state index in [4.69, 9.17) is 5.73 Å². The van der Waals surface area contributed by atoms with E-state index in [0.29, 0.717) is 47.2 Å². The number of benzene rings is 1. The number of β-lactam (4-membered cyclic amide) rings is 1. The monoisotopic (exact) mass is 675 g/mol. The SMILES string of the molecule is Nc1nc(CC(=O)NC2C(=O)N3C(C(=O)[O-])=C(/C=C4\CCN(Cc5cc[n+](CC(=O)Nc6ccc(O)cc6)cc5)C4=O)CSC23)cs1. The van der Waals surface area contributed by atoms with Crippen LogP contribution in [0.1, 0.15) is 17.7 Å². The van der Waals surface area contributed by atoms with Gasteiger partial charge in [-0.25, -0.2) is 4.98 Å². The van der Waals surface area contributed by atoms with Crippen molar-refractivity contribution in [3.63, 3.8) is 0 Å². The molecule has 2 atom stereocenters. The number of hydrogen-bond donors (Lipinski definition) is 4. The van der Waals surface area contributed by atoms with Crippen LogP contribution in [0.2, 0.25) is 0 Å². The van der Waals surface area contributed by atoms with Crippen LogP contribution < -0.4 is 26.0 Å². The number of carbonyl (C=O) groups is 5. The highest BCUT2D eigenvalue weighted by atomic mass is 32.2. The van der Waals surface area contributed by atoms with E-state index >= 15 is 0 Å². The van der Waals surface area contributed by atoms with E-state index in [0.717, 1.165) is 10.5 Å². The molecule has 0 spiro atoms. The van der Waals surface area contributed by atoms with Crippen LogP contribution in [-0.2, 0) is 43.5 Å². The molecule has 0 aliphatic carbocycles. The van der Waals surface area contributed by atoms with E-state index in [1.54, 1.807) is 39.4 Å². The molecule has 5 N–H and O–H groups in total. The van der Waals surface area contributed by atoms with Gasteiger partial charge < -0.3 is 36.3 Å². The number of nitrogens with two attached hydrogens (primary N) is 1. The molecule has 6 rings (SSSR count). The number of fused-ring (bicyclic) bond motifs is 1. The molecule has 47 heavy (non-hydrogen) atoms. The molecule has 16 heteroatoms. The molecule has 2 unspecified atom stereocenters. The third-order valence-corrected chi connectivity index (χ3v) is 9.82. The number of phenolic OH excluding ortho intramolecular Hbond substituents is 1. The minimum Gasteiger partial charge on any atom is -0.543 e. The van der Waals surface area contributed by atoms with Gasteiger partial charge in [0, 0.05) is 47.6 Å². The van der Waals surface area contributed by atoms with Gasteiger partial charge in [0.15, 0.2) is 17.5 Å². The number of pyridine rings is 1. The molecule has 0 saturated carbocycles. The summed E-state index contributed by atoms with van der Waals surface area (Å²) in [6.07, 6.45) is 5.36. The third-order valence-electron chi connectivity index (χ3n) is 7.79. The second-order valence-corrected chi connectivity index (χ2v) is 13.1. The summed E-state index contributed by atoms with van der Waals surface area (Å²) >= 11 is 2.50. The molecule has 0 radical (unpaired) electrons. The lowest BCUT2D eigenvalue weighted by atomic mass is 10.0. The number of phenols is 1. The Balaban J connectivity index is 1.06. The molecule has 2 fully saturated rings. The fraction of sp³-hybridized carbons (Fsp3) is 0.258. The summed E-state index contributed by atoms with van der Waals surface area (Å²) < 4.78 is 1.70. The maximum atomic E-state index is 13.3. The Morgan fingerprint density at radius 2 is 1.87 bits per heavy atom. The number of thiazole rings is 1. The molecular weight excluding hydrogens is 647 g/mol. The number of rotatable bonds is 10. The van der Waals surface area contributed by atoms with Crippen molar-refractivity contribution in [2.45, 2.75) is 37.3 Å². The largest absolute Gasteiger partial charge is 0.543 e. The summed E-state index contributed by atoms with van der Waals surface area (Å²) in [5.41, 5.74) is 7.93. The average Bonchev–Trinajstić information content (AvgIpc) is 3.61. The highest BCUT2D eigenvalue weighted by Gasteiger charge is 2.52. The number of nitrogen functional groups attached to an aromatic ring is 1. The standard InChI is InChI=1S/C31H29N7O7S2/c32-31-34-21(16-47-31)12-23(40)35-25-28(43)38-26(30(44)45)19(15-46-29(25)38)11-18-7-10-37(27(18)42)13-17-5-8-36(9-6-17)14-24(41)33-20-1-3-22(39)4-2-20/h1-6,8-9,11,16,25,29H,7,10,12-15H2,(H5-,32,33,34,35,39,40,41,44,45)/b18-11+. The molecule has 1 aromatic carbocycles. The van der Waals surface area contributed by atoms with E-state index in [2.05, 4.69) is 15.6 Å². The average molecular weight is 676 g/mol. The second kappa shape index (κ2) is 13.3. The number of carboxylic acid groups (broad SMARTS) is 1. The number of aromatic nitrogens is 2. The first-order valence-electron chi connectivity index (χ1n) is 14.5. The zero-order valence-corrected chi connectivity index (χ0v) is 26.4. The summed E-state index contributed by atoms with van der Waals surface area (Å²) in [5, 5.41) is 28.4. The van der Waals surface area contributed by atoms with Crippen molar-refractivity contribution in [3.8, 4) is 5.75 Å². The molecule has 2 saturated heterocycles. The Kier molecular flexibility index (Phi) is 8.95. The molecule has 5 heterocycles. The van der Waals surface area contributed by atoms with Crippen molar-refractivity contribution in [2.24, 2.45) is 0 Å². The first-order chi connectivity index (χ1) is 22.5. The number of nitrogens with zero attached hydrogens (tertiary/aromatic N) is 4. The lowest BCUT2D eigenvalue weighted by Crippen LogP contribution is -2.71.